The van der Waals surface area contributed by atoms with E-state index >= 15 is 0 Å². The Kier molecular flexibility index (Phi) is 4.23. The zero-order valence-corrected chi connectivity index (χ0v) is 11.9. The summed E-state index contributed by atoms with van der Waals surface area (Å²) in [4.78, 5) is 0. The van der Waals surface area contributed by atoms with Gasteiger partial charge in [-0.05, 0) is 37.4 Å². The highest BCUT2D eigenvalue weighted by molar-refractivity contribution is 8.00. The van der Waals surface area contributed by atoms with Crippen molar-refractivity contribution in [1.29, 1.82) is 0 Å². The molecule has 1 N–H and O–H groups in total. The van der Waals surface area contributed by atoms with Crippen molar-refractivity contribution in [2.75, 3.05) is 12.8 Å². The van der Waals surface area contributed by atoms with Crippen molar-refractivity contribution in [2.24, 2.45) is 11.8 Å². The van der Waals surface area contributed by atoms with Gasteiger partial charge in [0.2, 0.25) is 0 Å². The first-order valence-electron chi connectivity index (χ1n) is 6.95. The van der Waals surface area contributed by atoms with Gasteiger partial charge >= 0.3 is 0 Å². The molecule has 3 atom stereocenters. The van der Waals surface area contributed by atoms with Gasteiger partial charge in [0.05, 0.1) is 0 Å². The molecule has 0 saturated heterocycles. The van der Waals surface area contributed by atoms with Crippen molar-refractivity contribution in [3.05, 3.63) is 0 Å². The predicted molar refractivity (Wildman–Crippen MR) is 74.1 cm³/mol. The third kappa shape index (κ3) is 2.59. The van der Waals surface area contributed by atoms with Crippen molar-refractivity contribution >= 4 is 11.8 Å². The van der Waals surface area contributed by atoms with Crippen LogP contribution in [-0.4, -0.2) is 23.6 Å². The molecule has 2 heteroatoms. The first kappa shape index (κ1) is 12.8. The van der Waals surface area contributed by atoms with Gasteiger partial charge in [0.25, 0.3) is 0 Å². The summed E-state index contributed by atoms with van der Waals surface area (Å²) in [6.07, 6.45) is 10.8. The minimum absolute atomic E-state index is 0.598. The normalized spacial score (nSPS) is 38.1. The van der Waals surface area contributed by atoms with Gasteiger partial charge in [-0.2, -0.15) is 11.8 Å². The molecule has 2 rings (SSSR count). The van der Waals surface area contributed by atoms with Crippen LogP contribution in [0.2, 0.25) is 0 Å². The number of nitrogens with one attached hydrogen (secondary N) is 1. The summed E-state index contributed by atoms with van der Waals surface area (Å²) in [5, 5.41) is 3.87. The summed E-state index contributed by atoms with van der Waals surface area (Å²) in [5.74, 6) is 1.78. The van der Waals surface area contributed by atoms with Gasteiger partial charge in [-0.25, -0.2) is 0 Å². The van der Waals surface area contributed by atoms with Gasteiger partial charge in [-0.1, -0.05) is 33.1 Å². The average Bonchev–Trinajstić information content (AvgIpc) is 2.23. The molecule has 0 spiro atoms. The summed E-state index contributed by atoms with van der Waals surface area (Å²) >= 11 is 2.09. The van der Waals surface area contributed by atoms with Crippen LogP contribution in [0.25, 0.3) is 0 Å². The molecule has 2 fully saturated rings. The number of hydrogen-bond donors (Lipinski definition) is 1. The molecule has 0 aromatic heterocycles. The molecule has 0 bridgehead atoms. The van der Waals surface area contributed by atoms with E-state index in [-0.39, 0.29) is 0 Å². The van der Waals surface area contributed by atoms with Crippen LogP contribution in [0.15, 0.2) is 0 Å². The lowest BCUT2D eigenvalue weighted by Gasteiger charge is -2.43. The molecule has 2 aliphatic carbocycles. The summed E-state index contributed by atoms with van der Waals surface area (Å²) < 4.78 is 0.598. The lowest BCUT2D eigenvalue weighted by atomic mass is 9.77. The van der Waals surface area contributed by atoms with E-state index in [4.69, 9.17) is 0 Å². The lowest BCUT2D eigenvalue weighted by Crippen LogP contribution is -2.49. The molecule has 3 unspecified atom stereocenters. The standard InChI is InChI=1S/C14H27NS/c1-11-6-4-7-13(12(11)2)15-10-14(16-3)8-5-9-14/h11-13,15H,4-10H2,1-3H3. The number of rotatable bonds is 4. The molecule has 0 radical (unpaired) electrons. The molecule has 2 saturated carbocycles. The highest BCUT2D eigenvalue weighted by Gasteiger charge is 2.37. The van der Waals surface area contributed by atoms with Gasteiger partial charge in [-0.15, -0.1) is 0 Å². The minimum Gasteiger partial charge on any atom is -0.312 e. The summed E-state index contributed by atoms with van der Waals surface area (Å²) in [6.45, 7) is 6.11. The summed E-state index contributed by atoms with van der Waals surface area (Å²) in [5.41, 5.74) is 0. The second-order valence-electron chi connectivity index (χ2n) is 6.00. The highest BCUT2D eigenvalue weighted by atomic mass is 32.2. The summed E-state index contributed by atoms with van der Waals surface area (Å²) in [7, 11) is 0. The third-order valence-corrected chi connectivity index (χ3v) is 6.51. The first-order valence-corrected chi connectivity index (χ1v) is 8.18. The smallest absolute Gasteiger partial charge is 0.0281 e. The molecule has 0 aromatic carbocycles. The largest absolute Gasteiger partial charge is 0.312 e. The van der Waals surface area contributed by atoms with Crippen LogP contribution in [0.1, 0.15) is 52.4 Å². The molecular weight excluding hydrogens is 214 g/mol. The predicted octanol–water partition coefficient (Wildman–Crippen LogP) is 3.69. The maximum absolute atomic E-state index is 3.87. The second-order valence-corrected chi connectivity index (χ2v) is 7.27. The quantitative estimate of drug-likeness (QED) is 0.805. The van der Waals surface area contributed by atoms with E-state index in [2.05, 4.69) is 37.2 Å². The maximum atomic E-state index is 3.87. The Balaban J connectivity index is 1.80. The third-order valence-electron chi connectivity index (χ3n) is 5.09. The average molecular weight is 241 g/mol. The summed E-state index contributed by atoms with van der Waals surface area (Å²) in [6, 6.07) is 0.786. The SMILES string of the molecule is CSC1(CNC2CCCC(C)C2C)CCC1. The Morgan fingerprint density at radius 2 is 1.94 bits per heavy atom. The van der Waals surface area contributed by atoms with E-state index in [1.54, 1.807) is 0 Å². The van der Waals surface area contributed by atoms with Crippen LogP contribution in [0.4, 0.5) is 0 Å². The topological polar surface area (TPSA) is 12.0 Å². The number of hydrogen-bond acceptors (Lipinski definition) is 2. The molecule has 0 aromatic rings. The van der Waals surface area contributed by atoms with Gasteiger partial charge < -0.3 is 5.32 Å². The molecule has 16 heavy (non-hydrogen) atoms. The van der Waals surface area contributed by atoms with Crippen molar-refractivity contribution in [1.82, 2.24) is 5.32 Å². The van der Waals surface area contributed by atoms with E-state index in [0.29, 0.717) is 4.75 Å². The van der Waals surface area contributed by atoms with Crippen LogP contribution < -0.4 is 5.32 Å². The highest BCUT2D eigenvalue weighted by Crippen LogP contribution is 2.42. The Morgan fingerprint density at radius 1 is 1.19 bits per heavy atom. The van der Waals surface area contributed by atoms with E-state index in [9.17, 15) is 0 Å². The van der Waals surface area contributed by atoms with Crippen molar-refractivity contribution in [2.45, 2.75) is 63.2 Å². The fourth-order valence-corrected chi connectivity index (χ4v) is 4.14. The van der Waals surface area contributed by atoms with Crippen LogP contribution >= 0.6 is 11.8 Å². The van der Waals surface area contributed by atoms with Gasteiger partial charge in [0, 0.05) is 17.3 Å². The second kappa shape index (κ2) is 5.30. The van der Waals surface area contributed by atoms with E-state index < -0.39 is 0 Å². The van der Waals surface area contributed by atoms with Gasteiger partial charge in [-0.3, -0.25) is 0 Å². The number of thioether (sulfide) groups is 1. The van der Waals surface area contributed by atoms with E-state index in [1.807, 2.05) is 0 Å². The molecule has 0 aliphatic heterocycles. The Labute approximate surface area is 105 Å². The Bertz CT molecular complexity index is 219. The van der Waals surface area contributed by atoms with Crippen LogP contribution in [0, 0.1) is 11.8 Å². The van der Waals surface area contributed by atoms with Gasteiger partial charge in [0.1, 0.15) is 0 Å². The first-order chi connectivity index (χ1) is 7.67. The zero-order valence-electron chi connectivity index (χ0n) is 11.1. The molecule has 0 amide bonds. The van der Waals surface area contributed by atoms with Crippen LogP contribution in [-0.2, 0) is 0 Å². The molecule has 94 valence electrons. The van der Waals surface area contributed by atoms with E-state index in [1.165, 1.54) is 45.1 Å². The fraction of sp³-hybridized carbons (Fsp3) is 1.00. The van der Waals surface area contributed by atoms with E-state index in [0.717, 1.165) is 17.9 Å². The Hall–Kier alpha value is 0.310. The molecule has 2 aliphatic rings. The van der Waals surface area contributed by atoms with Gasteiger partial charge in [0.15, 0.2) is 0 Å². The van der Waals surface area contributed by atoms with Crippen molar-refractivity contribution in [3.8, 4) is 0 Å². The van der Waals surface area contributed by atoms with Crippen LogP contribution in [0.5, 0.6) is 0 Å². The van der Waals surface area contributed by atoms with Crippen molar-refractivity contribution in [3.63, 3.8) is 0 Å². The van der Waals surface area contributed by atoms with Crippen LogP contribution in [0.3, 0.4) is 0 Å². The fourth-order valence-electron chi connectivity index (χ4n) is 3.21. The lowest BCUT2D eigenvalue weighted by molar-refractivity contribution is 0.195. The minimum atomic E-state index is 0.598. The molecule has 1 nitrogen and oxygen atoms in total. The zero-order chi connectivity index (χ0) is 11.6. The monoisotopic (exact) mass is 241 g/mol. The maximum Gasteiger partial charge on any atom is 0.0281 e. The molecule has 0 heterocycles. The Morgan fingerprint density at radius 3 is 2.50 bits per heavy atom. The van der Waals surface area contributed by atoms with Crippen molar-refractivity contribution < 1.29 is 0 Å². The molecular formula is C14H27NS.